The number of aliphatic hydroxyl groups is 1. The molecule has 1 aliphatic rings. The smallest absolute Gasteiger partial charge is 0.333 e. The highest BCUT2D eigenvalue weighted by molar-refractivity contribution is 5.81. The molecule has 0 bridgehead atoms. The van der Waals surface area contributed by atoms with E-state index in [1.54, 1.807) is 6.20 Å². The van der Waals surface area contributed by atoms with E-state index in [2.05, 4.69) is 39.2 Å². The number of halogens is 2. The van der Waals surface area contributed by atoms with Crippen molar-refractivity contribution in [3.05, 3.63) is 43.0 Å². The first-order valence-electron chi connectivity index (χ1n) is 11.8. The number of alkyl halides is 2. The van der Waals surface area contributed by atoms with Crippen molar-refractivity contribution in [3.63, 3.8) is 0 Å². The molecule has 2 N–H and O–H groups in total. The Kier molecular flexibility index (Phi) is 6.33. The summed E-state index contributed by atoms with van der Waals surface area (Å²) in [5.41, 5.74) is 2.80. The fraction of sp³-hybridized carbons (Fsp3) is 0.417. The normalized spacial score (nSPS) is 17.3. The van der Waals surface area contributed by atoms with Gasteiger partial charge >= 0.3 is 6.55 Å². The van der Waals surface area contributed by atoms with Crippen molar-refractivity contribution in [2.45, 2.75) is 51.8 Å². The predicted molar refractivity (Wildman–Crippen MR) is 130 cm³/mol. The Morgan fingerprint density at radius 3 is 2.77 bits per heavy atom. The molecule has 1 aliphatic heterocycles. The van der Waals surface area contributed by atoms with Crippen LogP contribution in [0.2, 0.25) is 0 Å². The number of nitrogens with zero attached hydrogens (tertiary/aromatic N) is 7. The molecular formula is C24H28F2N8O. The van der Waals surface area contributed by atoms with Crippen molar-refractivity contribution >= 4 is 28.4 Å². The Balaban J connectivity index is 1.50. The molecular weight excluding hydrogens is 454 g/mol. The van der Waals surface area contributed by atoms with Gasteiger partial charge in [0.05, 0.1) is 30.2 Å². The minimum Gasteiger partial charge on any atom is -0.391 e. The van der Waals surface area contributed by atoms with Crippen LogP contribution in [0.25, 0.3) is 22.2 Å². The molecule has 5 heterocycles. The van der Waals surface area contributed by atoms with Gasteiger partial charge in [-0.2, -0.15) is 19.0 Å². The number of nitrogens with one attached hydrogen (secondary N) is 1. The molecule has 5 rings (SSSR count). The average molecular weight is 483 g/mol. The quantitative estimate of drug-likeness (QED) is 0.392. The molecule has 0 spiro atoms. The van der Waals surface area contributed by atoms with Crippen molar-refractivity contribution in [3.8, 4) is 11.1 Å². The number of anilines is 3. The van der Waals surface area contributed by atoms with Gasteiger partial charge in [0.25, 0.3) is 0 Å². The van der Waals surface area contributed by atoms with Crippen LogP contribution in [0.1, 0.15) is 45.7 Å². The van der Waals surface area contributed by atoms with Crippen molar-refractivity contribution in [1.82, 2.24) is 29.5 Å². The van der Waals surface area contributed by atoms with Crippen LogP contribution in [0.5, 0.6) is 0 Å². The van der Waals surface area contributed by atoms with Gasteiger partial charge in [-0.1, -0.05) is 6.92 Å². The molecule has 0 aromatic carbocycles. The lowest BCUT2D eigenvalue weighted by molar-refractivity contribution is 0.0566. The van der Waals surface area contributed by atoms with E-state index < -0.39 is 12.7 Å². The summed E-state index contributed by atoms with van der Waals surface area (Å²) in [6.07, 6.45) is 8.23. The van der Waals surface area contributed by atoms with Gasteiger partial charge in [0.15, 0.2) is 5.65 Å². The van der Waals surface area contributed by atoms with E-state index in [0.717, 1.165) is 42.5 Å². The van der Waals surface area contributed by atoms with Gasteiger partial charge < -0.3 is 15.3 Å². The first-order valence-corrected chi connectivity index (χ1v) is 11.8. The average Bonchev–Trinajstić information content (AvgIpc) is 3.51. The fourth-order valence-electron chi connectivity index (χ4n) is 4.37. The molecule has 4 aromatic heterocycles. The lowest BCUT2D eigenvalue weighted by Crippen LogP contribution is -2.38. The van der Waals surface area contributed by atoms with Crippen LogP contribution in [0.4, 0.5) is 26.1 Å². The summed E-state index contributed by atoms with van der Waals surface area (Å²) in [6.45, 7) is 2.69. The molecule has 2 atom stereocenters. The summed E-state index contributed by atoms with van der Waals surface area (Å²) < 4.78 is 28.8. The van der Waals surface area contributed by atoms with Crippen LogP contribution in [0.15, 0.2) is 43.0 Å². The zero-order chi connectivity index (χ0) is 24.5. The molecule has 0 amide bonds. The highest BCUT2D eigenvalue weighted by Crippen LogP contribution is 2.35. The Hall–Kier alpha value is -3.60. The second-order valence-electron chi connectivity index (χ2n) is 8.90. The third-order valence-corrected chi connectivity index (χ3v) is 6.44. The van der Waals surface area contributed by atoms with Gasteiger partial charge in [0.1, 0.15) is 11.6 Å². The van der Waals surface area contributed by atoms with Crippen LogP contribution >= 0.6 is 0 Å². The highest BCUT2D eigenvalue weighted by Gasteiger charge is 2.23. The second kappa shape index (κ2) is 9.57. The third kappa shape index (κ3) is 4.68. The van der Waals surface area contributed by atoms with Crippen LogP contribution in [-0.2, 0) is 0 Å². The molecule has 1 fully saturated rings. The SMILES string of the molecule is CCC(C)n1ncc2ccc(Nc3cc(N4CCC[C@H](O)C4)c(-c4cnn(C(F)F)c4)cn3)nc21. The van der Waals surface area contributed by atoms with E-state index in [9.17, 15) is 13.9 Å². The van der Waals surface area contributed by atoms with E-state index in [1.165, 1.54) is 12.4 Å². The lowest BCUT2D eigenvalue weighted by Gasteiger charge is -2.33. The summed E-state index contributed by atoms with van der Waals surface area (Å²) in [6, 6.07) is 5.92. The zero-order valence-corrected chi connectivity index (χ0v) is 19.6. The number of piperidine rings is 1. The number of fused-ring (bicyclic) bond motifs is 1. The lowest BCUT2D eigenvalue weighted by atomic mass is 10.0. The van der Waals surface area contributed by atoms with E-state index in [0.29, 0.717) is 34.0 Å². The molecule has 11 heteroatoms. The molecule has 35 heavy (non-hydrogen) atoms. The Bertz CT molecular complexity index is 1320. The van der Waals surface area contributed by atoms with Crippen molar-refractivity contribution in [2.24, 2.45) is 0 Å². The Labute approximate surface area is 201 Å². The van der Waals surface area contributed by atoms with Crippen molar-refractivity contribution < 1.29 is 13.9 Å². The molecule has 9 nitrogen and oxygen atoms in total. The first-order chi connectivity index (χ1) is 16.9. The van der Waals surface area contributed by atoms with Crippen molar-refractivity contribution in [2.75, 3.05) is 23.3 Å². The highest BCUT2D eigenvalue weighted by atomic mass is 19.3. The maximum atomic E-state index is 13.1. The summed E-state index contributed by atoms with van der Waals surface area (Å²) in [4.78, 5) is 11.3. The van der Waals surface area contributed by atoms with E-state index >= 15 is 0 Å². The number of rotatable bonds is 7. The van der Waals surface area contributed by atoms with Gasteiger partial charge in [0.2, 0.25) is 0 Å². The molecule has 0 radical (unpaired) electrons. The van der Waals surface area contributed by atoms with Crippen molar-refractivity contribution in [1.29, 1.82) is 0 Å². The van der Waals surface area contributed by atoms with E-state index in [4.69, 9.17) is 4.98 Å². The fourth-order valence-corrected chi connectivity index (χ4v) is 4.37. The second-order valence-corrected chi connectivity index (χ2v) is 8.90. The van der Waals surface area contributed by atoms with Crippen LogP contribution in [0.3, 0.4) is 0 Å². The minimum atomic E-state index is -2.72. The number of aromatic nitrogens is 6. The van der Waals surface area contributed by atoms with Gasteiger partial charge in [-0.15, -0.1) is 0 Å². The topological polar surface area (TPSA) is 96.9 Å². The number of hydrogen-bond acceptors (Lipinski definition) is 7. The van der Waals surface area contributed by atoms with Gasteiger partial charge in [-0.25, -0.2) is 19.3 Å². The molecule has 184 valence electrons. The summed E-state index contributed by atoms with van der Waals surface area (Å²) in [7, 11) is 0. The molecule has 1 saturated heterocycles. The third-order valence-electron chi connectivity index (χ3n) is 6.44. The zero-order valence-electron chi connectivity index (χ0n) is 19.6. The standard InChI is InChI=1S/C24H28F2N8O/c1-3-15(2)34-23-16(10-29-34)6-7-21(31-23)30-22-9-20(32-8-4-5-18(35)14-32)19(12-27-22)17-11-28-33(13-17)24(25)26/h6-7,9-13,15,18,24,35H,3-5,8,14H2,1-2H3,(H,27,30,31)/t15?,18-/m0/s1. The van der Waals surface area contributed by atoms with Gasteiger partial charge in [-0.3, -0.25) is 0 Å². The molecule has 1 unspecified atom stereocenters. The van der Waals surface area contributed by atoms with Gasteiger partial charge in [0, 0.05) is 48.1 Å². The first kappa shape index (κ1) is 23.2. The monoisotopic (exact) mass is 482 g/mol. The van der Waals surface area contributed by atoms with E-state index in [1.807, 2.05) is 29.1 Å². The summed E-state index contributed by atoms with van der Waals surface area (Å²) >= 11 is 0. The predicted octanol–water partition coefficient (Wildman–Crippen LogP) is 4.76. The van der Waals surface area contributed by atoms with Gasteiger partial charge in [-0.05, 0) is 38.3 Å². The number of aliphatic hydroxyl groups excluding tert-OH is 1. The maximum absolute atomic E-state index is 13.1. The number of pyridine rings is 2. The molecule has 0 aliphatic carbocycles. The molecule has 4 aromatic rings. The van der Waals surface area contributed by atoms with E-state index in [-0.39, 0.29) is 6.04 Å². The number of β-amino-alcohol motifs (C(OH)–C–C–N with tert-alkyl or cyclic N) is 1. The summed E-state index contributed by atoms with van der Waals surface area (Å²) in [5, 5.41) is 22.7. The van der Waals surface area contributed by atoms with Crippen LogP contribution < -0.4 is 10.2 Å². The molecule has 0 saturated carbocycles. The largest absolute Gasteiger partial charge is 0.391 e. The Morgan fingerprint density at radius 1 is 1.17 bits per heavy atom. The summed E-state index contributed by atoms with van der Waals surface area (Å²) in [5.74, 6) is 1.18. The van der Waals surface area contributed by atoms with Crippen LogP contribution in [0, 0.1) is 0 Å². The number of hydrogen-bond donors (Lipinski definition) is 2. The minimum absolute atomic E-state index is 0.221. The Morgan fingerprint density at radius 2 is 2.03 bits per heavy atom. The van der Waals surface area contributed by atoms with Crippen LogP contribution in [-0.4, -0.2) is 53.8 Å². The maximum Gasteiger partial charge on any atom is 0.333 e.